The van der Waals surface area contributed by atoms with Gasteiger partial charge in [0.1, 0.15) is 0 Å². The van der Waals surface area contributed by atoms with E-state index >= 15 is 0 Å². The van der Waals surface area contributed by atoms with Crippen molar-refractivity contribution >= 4 is 5.91 Å². The van der Waals surface area contributed by atoms with Gasteiger partial charge in [-0.25, -0.2) is 0 Å². The zero-order chi connectivity index (χ0) is 12.6. The summed E-state index contributed by atoms with van der Waals surface area (Å²) in [6, 6.07) is 1.06. The van der Waals surface area contributed by atoms with Crippen molar-refractivity contribution in [3.8, 4) is 0 Å². The molecular formula is C13H25N3O. The van der Waals surface area contributed by atoms with E-state index in [1.54, 1.807) is 0 Å². The number of amides is 1. The predicted molar refractivity (Wildman–Crippen MR) is 68.3 cm³/mol. The average Bonchev–Trinajstić information content (AvgIpc) is 2.62. The molecule has 4 nitrogen and oxygen atoms in total. The summed E-state index contributed by atoms with van der Waals surface area (Å²) in [6.07, 6.45) is 5.00. The molecule has 1 heterocycles. The quantitative estimate of drug-likeness (QED) is 0.750. The van der Waals surface area contributed by atoms with E-state index in [9.17, 15) is 4.79 Å². The number of hydrogen-bond acceptors (Lipinski definition) is 3. The SMILES string of the molecule is CC1CCN(C2CCC(N)(C(N)=O)C2)C(C)C1. The summed E-state index contributed by atoms with van der Waals surface area (Å²) in [6.45, 7) is 5.75. The number of primary amides is 1. The first-order chi connectivity index (χ1) is 7.92. The molecule has 4 unspecified atom stereocenters. The fraction of sp³-hybridized carbons (Fsp3) is 0.923. The highest BCUT2D eigenvalue weighted by Crippen LogP contribution is 2.35. The van der Waals surface area contributed by atoms with Gasteiger partial charge in [0.15, 0.2) is 0 Å². The van der Waals surface area contributed by atoms with Gasteiger partial charge in [0, 0.05) is 12.1 Å². The van der Waals surface area contributed by atoms with Crippen molar-refractivity contribution in [2.45, 2.75) is 63.6 Å². The van der Waals surface area contributed by atoms with Gasteiger partial charge in [-0.2, -0.15) is 0 Å². The third kappa shape index (κ3) is 2.47. The summed E-state index contributed by atoms with van der Waals surface area (Å²) in [5, 5.41) is 0. The van der Waals surface area contributed by atoms with Gasteiger partial charge < -0.3 is 11.5 Å². The van der Waals surface area contributed by atoms with Crippen molar-refractivity contribution in [3.05, 3.63) is 0 Å². The average molecular weight is 239 g/mol. The fourth-order valence-electron chi connectivity index (χ4n) is 3.52. The third-order valence-corrected chi connectivity index (χ3v) is 4.67. The van der Waals surface area contributed by atoms with Crippen LogP contribution >= 0.6 is 0 Å². The maximum atomic E-state index is 11.4. The Morgan fingerprint density at radius 2 is 2.06 bits per heavy atom. The van der Waals surface area contributed by atoms with Crippen LogP contribution in [0.3, 0.4) is 0 Å². The van der Waals surface area contributed by atoms with Crippen LogP contribution in [-0.4, -0.2) is 35.0 Å². The lowest BCUT2D eigenvalue weighted by Gasteiger charge is -2.40. The van der Waals surface area contributed by atoms with Gasteiger partial charge in [-0.3, -0.25) is 9.69 Å². The number of carbonyl (C=O) groups is 1. The summed E-state index contributed by atoms with van der Waals surface area (Å²) in [5.41, 5.74) is 10.7. The number of nitrogens with zero attached hydrogens (tertiary/aromatic N) is 1. The molecule has 1 aliphatic heterocycles. The number of nitrogens with two attached hydrogens (primary N) is 2. The molecule has 1 saturated heterocycles. The molecule has 2 fully saturated rings. The van der Waals surface area contributed by atoms with Crippen LogP contribution in [0.4, 0.5) is 0 Å². The Labute approximate surface area is 104 Å². The van der Waals surface area contributed by atoms with Gasteiger partial charge in [-0.1, -0.05) is 6.92 Å². The highest BCUT2D eigenvalue weighted by atomic mass is 16.1. The number of carbonyl (C=O) groups excluding carboxylic acids is 1. The Bertz CT molecular complexity index is 307. The molecule has 0 aromatic heterocycles. The second kappa shape index (κ2) is 4.58. The van der Waals surface area contributed by atoms with Crippen molar-refractivity contribution in [1.82, 2.24) is 4.90 Å². The first-order valence-electron chi connectivity index (χ1n) is 6.77. The zero-order valence-corrected chi connectivity index (χ0v) is 11.0. The molecule has 0 aromatic rings. The van der Waals surface area contributed by atoms with E-state index < -0.39 is 5.54 Å². The molecule has 1 saturated carbocycles. The monoisotopic (exact) mass is 239 g/mol. The molecular weight excluding hydrogens is 214 g/mol. The molecule has 0 spiro atoms. The zero-order valence-electron chi connectivity index (χ0n) is 11.0. The molecule has 4 heteroatoms. The van der Waals surface area contributed by atoms with Crippen molar-refractivity contribution in [3.63, 3.8) is 0 Å². The molecule has 4 atom stereocenters. The van der Waals surface area contributed by atoms with Gasteiger partial charge >= 0.3 is 0 Å². The summed E-state index contributed by atoms with van der Waals surface area (Å²) in [4.78, 5) is 13.9. The van der Waals surface area contributed by atoms with Crippen LogP contribution in [0.25, 0.3) is 0 Å². The molecule has 2 rings (SSSR count). The lowest BCUT2D eigenvalue weighted by molar-refractivity contribution is -0.123. The Morgan fingerprint density at radius 1 is 1.35 bits per heavy atom. The number of rotatable bonds is 2. The van der Waals surface area contributed by atoms with E-state index in [-0.39, 0.29) is 5.91 Å². The van der Waals surface area contributed by atoms with E-state index in [1.165, 1.54) is 12.8 Å². The van der Waals surface area contributed by atoms with E-state index in [0.29, 0.717) is 12.1 Å². The van der Waals surface area contributed by atoms with Crippen LogP contribution in [0.2, 0.25) is 0 Å². The van der Waals surface area contributed by atoms with Crippen LogP contribution in [0.15, 0.2) is 0 Å². The molecule has 4 N–H and O–H groups in total. The minimum absolute atomic E-state index is 0.335. The topological polar surface area (TPSA) is 72.3 Å². The largest absolute Gasteiger partial charge is 0.368 e. The lowest BCUT2D eigenvalue weighted by atomic mass is 9.91. The number of piperidine rings is 1. The molecule has 98 valence electrons. The first kappa shape index (κ1) is 12.8. The molecule has 1 aliphatic carbocycles. The summed E-state index contributed by atoms with van der Waals surface area (Å²) in [5.74, 6) is 0.486. The minimum atomic E-state index is -0.756. The maximum absolute atomic E-state index is 11.4. The molecule has 0 aromatic carbocycles. The van der Waals surface area contributed by atoms with Crippen LogP contribution in [0, 0.1) is 5.92 Å². The van der Waals surface area contributed by atoms with Crippen molar-refractivity contribution < 1.29 is 4.79 Å². The molecule has 1 amide bonds. The van der Waals surface area contributed by atoms with Gasteiger partial charge in [-0.05, 0) is 51.5 Å². The number of hydrogen-bond donors (Lipinski definition) is 2. The van der Waals surface area contributed by atoms with Crippen molar-refractivity contribution in [1.29, 1.82) is 0 Å². The van der Waals surface area contributed by atoms with E-state index in [2.05, 4.69) is 18.7 Å². The maximum Gasteiger partial charge on any atom is 0.237 e. The van der Waals surface area contributed by atoms with Crippen LogP contribution < -0.4 is 11.5 Å². The van der Waals surface area contributed by atoms with E-state index in [4.69, 9.17) is 11.5 Å². The van der Waals surface area contributed by atoms with E-state index in [0.717, 1.165) is 31.7 Å². The molecule has 0 radical (unpaired) electrons. The molecule has 0 bridgehead atoms. The molecule has 2 aliphatic rings. The molecule has 17 heavy (non-hydrogen) atoms. The third-order valence-electron chi connectivity index (χ3n) is 4.67. The number of likely N-dealkylation sites (tertiary alicyclic amines) is 1. The van der Waals surface area contributed by atoms with Crippen molar-refractivity contribution in [2.24, 2.45) is 17.4 Å². The minimum Gasteiger partial charge on any atom is -0.368 e. The van der Waals surface area contributed by atoms with E-state index in [1.807, 2.05) is 0 Å². The van der Waals surface area contributed by atoms with Gasteiger partial charge in [0.2, 0.25) is 5.91 Å². The Balaban J connectivity index is 1.99. The Kier molecular flexibility index (Phi) is 3.46. The van der Waals surface area contributed by atoms with Gasteiger partial charge in [-0.15, -0.1) is 0 Å². The lowest BCUT2D eigenvalue weighted by Crippen LogP contribution is -2.52. The van der Waals surface area contributed by atoms with Crippen LogP contribution in [0.1, 0.15) is 46.0 Å². The second-order valence-electron chi connectivity index (χ2n) is 6.13. The smallest absolute Gasteiger partial charge is 0.237 e. The standard InChI is InChI=1S/C13H25N3O/c1-9-4-6-16(10(2)7-9)11-3-5-13(15,8-11)12(14)17/h9-11H,3-8,15H2,1-2H3,(H2,14,17). The highest BCUT2D eigenvalue weighted by Gasteiger charge is 2.44. The summed E-state index contributed by atoms with van der Waals surface area (Å²) < 4.78 is 0. The normalized spacial score (nSPS) is 43.8. The van der Waals surface area contributed by atoms with Crippen LogP contribution in [0.5, 0.6) is 0 Å². The van der Waals surface area contributed by atoms with Crippen LogP contribution in [-0.2, 0) is 4.79 Å². The van der Waals surface area contributed by atoms with Gasteiger partial charge in [0.05, 0.1) is 5.54 Å². The highest BCUT2D eigenvalue weighted by molar-refractivity contribution is 5.84. The summed E-state index contributed by atoms with van der Waals surface area (Å²) in [7, 11) is 0. The fourth-order valence-corrected chi connectivity index (χ4v) is 3.52. The Morgan fingerprint density at radius 3 is 2.59 bits per heavy atom. The van der Waals surface area contributed by atoms with Gasteiger partial charge in [0.25, 0.3) is 0 Å². The second-order valence-corrected chi connectivity index (χ2v) is 6.13. The summed E-state index contributed by atoms with van der Waals surface area (Å²) >= 11 is 0. The van der Waals surface area contributed by atoms with Crippen molar-refractivity contribution in [2.75, 3.05) is 6.54 Å². The Hall–Kier alpha value is -0.610. The first-order valence-corrected chi connectivity index (χ1v) is 6.77. The predicted octanol–water partition coefficient (Wildman–Crippen LogP) is 0.842.